The number of allylic oxidation sites excluding steroid dienone is 2. The first-order valence-electron chi connectivity index (χ1n) is 8.55. The monoisotopic (exact) mass is 319 g/mol. The van der Waals surface area contributed by atoms with Gasteiger partial charge in [-0.25, -0.2) is 0 Å². The molecule has 0 unspecified atom stereocenters. The van der Waals surface area contributed by atoms with E-state index in [0.29, 0.717) is 18.4 Å². The fraction of sp³-hybridized carbons (Fsp3) is 0.286. The normalized spacial score (nSPS) is 24.2. The summed E-state index contributed by atoms with van der Waals surface area (Å²) in [5.41, 5.74) is 1.85. The summed E-state index contributed by atoms with van der Waals surface area (Å²) >= 11 is 0. The first kappa shape index (κ1) is 15.2. The molecule has 0 aromatic heterocycles. The van der Waals surface area contributed by atoms with Gasteiger partial charge in [0.25, 0.3) is 5.91 Å². The Kier molecular flexibility index (Phi) is 4.18. The van der Waals surface area contributed by atoms with Crippen molar-refractivity contribution >= 4 is 11.6 Å². The average molecular weight is 319 g/mol. The maximum absolute atomic E-state index is 13.1. The number of hydrogen-bond donors (Lipinski definition) is 0. The molecule has 4 rings (SSSR count). The summed E-state index contributed by atoms with van der Waals surface area (Å²) in [6, 6.07) is 19.6. The van der Waals surface area contributed by atoms with Crippen molar-refractivity contribution < 1.29 is 9.63 Å². The van der Waals surface area contributed by atoms with Crippen molar-refractivity contribution in [2.24, 2.45) is 17.8 Å². The van der Waals surface area contributed by atoms with Gasteiger partial charge in [-0.1, -0.05) is 60.7 Å². The SMILES string of the molecule is O=C([C@H]1C[C@H]2C=C[C@@H]1C2)N(OCc1ccccc1)c1ccccc1. The number of para-hydroxylation sites is 1. The van der Waals surface area contributed by atoms with Crippen LogP contribution in [0.4, 0.5) is 5.69 Å². The second-order valence-electron chi connectivity index (χ2n) is 6.61. The van der Waals surface area contributed by atoms with Crippen molar-refractivity contribution in [1.82, 2.24) is 0 Å². The van der Waals surface area contributed by atoms with Gasteiger partial charge in [-0.05, 0) is 42.4 Å². The number of fused-ring (bicyclic) bond motifs is 2. The molecule has 2 aliphatic carbocycles. The van der Waals surface area contributed by atoms with Gasteiger partial charge < -0.3 is 0 Å². The molecular formula is C21H21NO2. The number of hydroxylamine groups is 1. The molecule has 3 heteroatoms. The molecule has 0 aliphatic heterocycles. The number of rotatable bonds is 5. The first-order valence-corrected chi connectivity index (χ1v) is 8.55. The van der Waals surface area contributed by atoms with Crippen LogP contribution in [0.25, 0.3) is 0 Å². The van der Waals surface area contributed by atoms with Crippen molar-refractivity contribution in [2.75, 3.05) is 5.06 Å². The van der Waals surface area contributed by atoms with Gasteiger partial charge in [-0.15, -0.1) is 0 Å². The zero-order chi connectivity index (χ0) is 16.4. The molecule has 3 atom stereocenters. The molecular weight excluding hydrogens is 298 g/mol. The number of amides is 1. The molecule has 2 aromatic carbocycles. The molecule has 122 valence electrons. The highest BCUT2D eigenvalue weighted by molar-refractivity contribution is 5.93. The number of hydrogen-bond acceptors (Lipinski definition) is 2. The Bertz CT molecular complexity index is 726. The van der Waals surface area contributed by atoms with Gasteiger partial charge in [0.05, 0.1) is 5.69 Å². The molecule has 0 radical (unpaired) electrons. The third kappa shape index (κ3) is 3.00. The fourth-order valence-electron chi connectivity index (χ4n) is 3.76. The van der Waals surface area contributed by atoms with E-state index in [2.05, 4.69) is 12.2 Å². The number of nitrogens with zero attached hydrogens (tertiary/aromatic N) is 1. The Labute approximate surface area is 142 Å². The Morgan fingerprint density at radius 1 is 0.958 bits per heavy atom. The maximum Gasteiger partial charge on any atom is 0.254 e. The van der Waals surface area contributed by atoms with Crippen molar-refractivity contribution in [3.63, 3.8) is 0 Å². The fourth-order valence-corrected chi connectivity index (χ4v) is 3.76. The maximum atomic E-state index is 13.1. The van der Waals surface area contributed by atoms with Crippen LogP contribution in [0.5, 0.6) is 0 Å². The lowest BCUT2D eigenvalue weighted by Gasteiger charge is -2.27. The number of carbonyl (C=O) groups is 1. The molecule has 0 N–H and O–H groups in total. The smallest absolute Gasteiger partial charge is 0.254 e. The first-order chi connectivity index (χ1) is 11.8. The molecule has 0 spiro atoms. The molecule has 1 fully saturated rings. The van der Waals surface area contributed by atoms with Crippen LogP contribution in [0.3, 0.4) is 0 Å². The van der Waals surface area contributed by atoms with Crippen molar-refractivity contribution in [3.8, 4) is 0 Å². The van der Waals surface area contributed by atoms with E-state index in [1.807, 2.05) is 60.7 Å². The summed E-state index contributed by atoms with van der Waals surface area (Å²) in [5, 5.41) is 1.51. The highest BCUT2D eigenvalue weighted by Crippen LogP contribution is 2.44. The van der Waals surface area contributed by atoms with Crippen LogP contribution in [0.15, 0.2) is 72.8 Å². The minimum absolute atomic E-state index is 0.0379. The molecule has 1 amide bonds. The summed E-state index contributed by atoms with van der Waals surface area (Å²) in [4.78, 5) is 19.1. The molecule has 0 saturated heterocycles. The van der Waals surface area contributed by atoms with Gasteiger partial charge in [0.15, 0.2) is 0 Å². The number of benzene rings is 2. The zero-order valence-corrected chi connectivity index (χ0v) is 13.5. The second-order valence-corrected chi connectivity index (χ2v) is 6.61. The minimum Gasteiger partial charge on any atom is -0.272 e. The average Bonchev–Trinajstić information content (AvgIpc) is 3.27. The summed E-state index contributed by atoms with van der Waals surface area (Å²) in [5.74, 6) is 1.05. The molecule has 2 aliphatic rings. The minimum atomic E-state index is 0.0379. The summed E-state index contributed by atoms with van der Waals surface area (Å²) in [6.45, 7) is 0.387. The van der Waals surface area contributed by atoms with Gasteiger partial charge in [0, 0.05) is 5.92 Å². The Balaban J connectivity index is 1.54. The molecule has 24 heavy (non-hydrogen) atoms. The van der Waals surface area contributed by atoms with Crippen molar-refractivity contribution in [1.29, 1.82) is 0 Å². The van der Waals surface area contributed by atoms with Gasteiger partial charge in [-0.2, -0.15) is 5.06 Å². The Morgan fingerprint density at radius 2 is 1.67 bits per heavy atom. The highest BCUT2D eigenvalue weighted by Gasteiger charge is 2.42. The third-order valence-electron chi connectivity index (χ3n) is 4.99. The van der Waals surface area contributed by atoms with Gasteiger partial charge >= 0.3 is 0 Å². The van der Waals surface area contributed by atoms with Crippen molar-refractivity contribution in [3.05, 3.63) is 78.4 Å². The number of carbonyl (C=O) groups excluding carboxylic acids is 1. The molecule has 2 aromatic rings. The van der Waals surface area contributed by atoms with E-state index < -0.39 is 0 Å². The summed E-state index contributed by atoms with van der Waals surface area (Å²) in [6.07, 6.45) is 6.51. The van der Waals surface area contributed by atoms with Crippen LogP contribution in [-0.4, -0.2) is 5.91 Å². The summed E-state index contributed by atoms with van der Waals surface area (Å²) < 4.78 is 0. The van der Waals surface area contributed by atoms with Crippen LogP contribution in [0.2, 0.25) is 0 Å². The molecule has 3 nitrogen and oxygen atoms in total. The lowest BCUT2D eigenvalue weighted by atomic mass is 9.92. The highest BCUT2D eigenvalue weighted by atomic mass is 16.7. The standard InChI is InChI=1S/C21H21NO2/c23-21(20-14-17-11-12-18(20)13-17)22(19-9-5-2-6-10-19)24-15-16-7-3-1-4-8-16/h1-12,17-18,20H,13-15H2/t17-,18+,20-/m0/s1. The summed E-state index contributed by atoms with van der Waals surface area (Å²) in [7, 11) is 0. The second kappa shape index (κ2) is 6.62. The van der Waals surface area contributed by atoms with Gasteiger partial charge in [-0.3, -0.25) is 9.63 Å². The molecule has 1 saturated carbocycles. The van der Waals surface area contributed by atoms with Crippen molar-refractivity contribution in [2.45, 2.75) is 19.4 Å². The van der Waals surface area contributed by atoms with Crippen LogP contribution >= 0.6 is 0 Å². The third-order valence-corrected chi connectivity index (χ3v) is 4.99. The molecule has 2 bridgehead atoms. The van der Waals surface area contributed by atoms with Crippen LogP contribution in [-0.2, 0) is 16.2 Å². The Hall–Kier alpha value is -2.39. The predicted octanol–water partition coefficient (Wildman–Crippen LogP) is 4.36. The van der Waals surface area contributed by atoms with Crippen LogP contribution in [0.1, 0.15) is 18.4 Å². The lowest BCUT2D eigenvalue weighted by Crippen LogP contribution is -2.37. The van der Waals surface area contributed by atoms with E-state index >= 15 is 0 Å². The van der Waals surface area contributed by atoms with E-state index in [4.69, 9.17) is 4.84 Å². The predicted molar refractivity (Wildman–Crippen MR) is 94.0 cm³/mol. The van der Waals surface area contributed by atoms with E-state index in [-0.39, 0.29) is 11.8 Å². The molecule has 0 heterocycles. The lowest BCUT2D eigenvalue weighted by molar-refractivity contribution is -0.131. The van der Waals surface area contributed by atoms with Crippen LogP contribution < -0.4 is 5.06 Å². The van der Waals surface area contributed by atoms with Gasteiger partial charge in [0.2, 0.25) is 0 Å². The quantitative estimate of drug-likeness (QED) is 0.605. The Morgan fingerprint density at radius 3 is 2.29 bits per heavy atom. The zero-order valence-electron chi connectivity index (χ0n) is 13.5. The number of anilines is 1. The van der Waals surface area contributed by atoms with Gasteiger partial charge in [0.1, 0.15) is 6.61 Å². The van der Waals surface area contributed by atoms with E-state index in [1.54, 1.807) is 0 Å². The van der Waals surface area contributed by atoms with E-state index in [0.717, 1.165) is 24.1 Å². The topological polar surface area (TPSA) is 29.5 Å². The van der Waals surface area contributed by atoms with Crippen LogP contribution in [0, 0.1) is 17.8 Å². The van der Waals surface area contributed by atoms with E-state index in [1.165, 1.54) is 5.06 Å². The largest absolute Gasteiger partial charge is 0.272 e. The van der Waals surface area contributed by atoms with E-state index in [9.17, 15) is 4.79 Å².